The molecule has 5 nitrogen and oxygen atoms in total. The molecule has 4 rings (SSSR count). The summed E-state index contributed by atoms with van der Waals surface area (Å²) in [4.78, 5) is 6.86. The van der Waals surface area contributed by atoms with Crippen LogP contribution in [0.5, 0.6) is 5.75 Å². The van der Waals surface area contributed by atoms with Gasteiger partial charge in [-0.3, -0.25) is 4.90 Å². The van der Waals surface area contributed by atoms with E-state index in [-0.39, 0.29) is 0 Å². The first-order valence-electron chi connectivity index (χ1n) is 7.66. The Morgan fingerprint density at radius 2 is 2.36 bits per heavy atom. The quantitative estimate of drug-likeness (QED) is 0.864. The lowest BCUT2D eigenvalue weighted by atomic mass is 10.1. The predicted molar refractivity (Wildman–Crippen MR) is 86.1 cm³/mol. The number of hydrogen-bond donors (Lipinski definition) is 0. The molecule has 2 aliphatic rings. The zero-order valence-electron chi connectivity index (χ0n) is 12.6. The maximum absolute atomic E-state index is 5.53. The molecule has 6 heteroatoms. The van der Waals surface area contributed by atoms with Crippen LogP contribution in [0.3, 0.4) is 0 Å². The van der Waals surface area contributed by atoms with E-state index in [1.54, 1.807) is 0 Å². The van der Waals surface area contributed by atoms with Gasteiger partial charge < -0.3 is 9.26 Å². The Morgan fingerprint density at radius 1 is 1.41 bits per heavy atom. The van der Waals surface area contributed by atoms with E-state index in [1.807, 2.05) is 23.9 Å². The van der Waals surface area contributed by atoms with Crippen LogP contribution < -0.4 is 4.74 Å². The van der Waals surface area contributed by atoms with Gasteiger partial charge in [0.15, 0.2) is 0 Å². The average Bonchev–Trinajstić information content (AvgIpc) is 3.27. The highest BCUT2D eigenvalue weighted by atomic mass is 32.2. The van der Waals surface area contributed by atoms with Crippen molar-refractivity contribution in [2.45, 2.75) is 25.4 Å². The number of fused-ring (bicyclic) bond motifs is 1. The first kappa shape index (κ1) is 14.1. The first-order chi connectivity index (χ1) is 10.8. The molecule has 1 aromatic carbocycles. The molecule has 3 heterocycles. The lowest BCUT2D eigenvalue weighted by Crippen LogP contribution is -2.30. The number of ether oxygens (including phenoxy) is 1. The minimum Gasteiger partial charge on any atom is -0.493 e. The molecule has 0 spiro atoms. The third kappa shape index (κ3) is 2.73. The minimum absolute atomic E-state index is 0.623. The summed E-state index contributed by atoms with van der Waals surface area (Å²) in [6.45, 7) is 1.48. The van der Waals surface area contributed by atoms with Gasteiger partial charge in [0.1, 0.15) is 5.75 Å². The van der Waals surface area contributed by atoms with Crippen molar-refractivity contribution >= 4 is 11.8 Å². The Balaban J connectivity index is 1.49. The van der Waals surface area contributed by atoms with Gasteiger partial charge in [-0.1, -0.05) is 5.16 Å². The molecule has 2 aromatic rings. The van der Waals surface area contributed by atoms with Crippen LogP contribution in [0.15, 0.2) is 22.7 Å². The number of nitrogens with zero attached hydrogens (tertiary/aromatic N) is 3. The lowest BCUT2D eigenvalue weighted by molar-refractivity contribution is 0.218. The van der Waals surface area contributed by atoms with Crippen LogP contribution in [-0.2, 0) is 13.0 Å². The maximum Gasteiger partial charge on any atom is 0.241 e. The van der Waals surface area contributed by atoms with Crippen LogP contribution in [-0.4, -0.2) is 46.2 Å². The number of rotatable bonds is 4. The molecule has 1 saturated heterocycles. The van der Waals surface area contributed by atoms with E-state index in [4.69, 9.17) is 9.26 Å². The van der Waals surface area contributed by atoms with Crippen LogP contribution in [0.2, 0.25) is 0 Å². The van der Waals surface area contributed by atoms with E-state index in [0.717, 1.165) is 24.3 Å². The zero-order valence-corrected chi connectivity index (χ0v) is 13.4. The molecule has 2 aliphatic heterocycles. The monoisotopic (exact) mass is 317 g/mol. The molecule has 1 atom stereocenters. The van der Waals surface area contributed by atoms with Gasteiger partial charge in [-0.15, -0.1) is 0 Å². The smallest absolute Gasteiger partial charge is 0.241 e. The van der Waals surface area contributed by atoms with Gasteiger partial charge in [0.05, 0.1) is 13.2 Å². The molecular formula is C16H19N3O2S. The van der Waals surface area contributed by atoms with E-state index < -0.39 is 0 Å². The fourth-order valence-electron chi connectivity index (χ4n) is 2.97. The summed E-state index contributed by atoms with van der Waals surface area (Å²) in [7, 11) is 2.13. The van der Waals surface area contributed by atoms with E-state index in [1.165, 1.54) is 23.5 Å². The van der Waals surface area contributed by atoms with Crippen LogP contribution in [0.1, 0.15) is 17.9 Å². The van der Waals surface area contributed by atoms with Crippen molar-refractivity contribution in [3.05, 3.63) is 29.7 Å². The first-order valence-corrected chi connectivity index (χ1v) is 8.82. The largest absolute Gasteiger partial charge is 0.493 e. The van der Waals surface area contributed by atoms with Crippen molar-refractivity contribution in [2.24, 2.45) is 0 Å². The number of aromatic nitrogens is 2. The van der Waals surface area contributed by atoms with Gasteiger partial charge in [-0.2, -0.15) is 16.7 Å². The van der Waals surface area contributed by atoms with Crippen LogP contribution in [0.4, 0.5) is 0 Å². The van der Waals surface area contributed by atoms with Gasteiger partial charge in [-0.25, -0.2) is 0 Å². The van der Waals surface area contributed by atoms with Gasteiger partial charge >= 0.3 is 0 Å². The highest BCUT2D eigenvalue weighted by Crippen LogP contribution is 2.29. The van der Waals surface area contributed by atoms with E-state index in [9.17, 15) is 0 Å². The minimum atomic E-state index is 0.623. The van der Waals surface area contributed by atoms with Crippen molar-refractivity contribution in [1.82, 2.24) is 15.0 Å². The van der Waals surface area contributed by atoms with Crippen molar-refractivity contribution in [3.63, 3.8) is 0 Å². The molecule has 0 N–H and O–H groups in total. The van der Waals surface area contributed by atoms with Crippen molar-refractivity contribution < 1.29 is 9.26 Å². The van der Waals surface area contributed by atoms with E-state index in [2.05, 4.69) is 28.2 Å². The van der Waals surface area contributed by atoms with E-state index in [0.29, 0.717) is 24.3 Å². The maximum atomic E-state index is 5.53. The molecule has 0 bridgehead atoms. The molecule has 22 heavy (non-hydrogen) atoms. The summed E-state index contributed by atoms with van der Waals surface area (Å²) in [6, 6.07) is 6.72. The molecular weight excluding hydrogens is 298 g/mol. The van der Waals surface area contributed by atoms with Crippen LogP contribution in [0.25, 0.3) is 11.4 Å². The molecule has 0 unspecified atom stereocenters. The van der Waals surface area contributed by atoms with Crippen molar-refractivity contribution in [1.29, 1.82) is 0 Å². The summed E-state index contributed by atoms with van der Waals surface area (Å²) < 4.78 is 11.0. The fraction of sp³-hybridized carbons (Fsp3) is 0.500. The topological polar surface area (TPSA) is 51.4 Å². The number of hydrogen-bond acceptors (Lipinski definition) is 6. The highest BCUT2D eigenvalue weighted by molar-refractivity contribution is 7.99. The number of thioether (sulfide) groups is 1. The third-order valence-corrected chi connectivity index (χ3v) is 5.47. The summed E-state index contributed by atoms with van der Waals surface area (Å²) in [5, 5.41) is 4.13. The Kier molecular flexibility index (Phi) is 3.80. The van der Waals surface area contributed by atoms with Gasteiger partial charge in [0.2, 0.25) is 11.7 Å². The van der Waals surface area contributed by atoms with E-state index >= 15 is 0 Å². The molecule has 0 saturated carbocycles. The van der Waals surface area contributed by atoms with Crippen molar-refractivity contribution in [2.75, 3.05) is 25.2 Å². The molecule has 0 radical (unpaired) electrons. The second kappa shape index (κ2) is 5.93. The van der Waals surface area contributed by atoms with Gasteiger partial charge in [0, 0.05) is 23.8 Å². The Bertz CT molecular complexity index is 667. The fourth-order valence-corrected chi connectivity index (χ4v) is 4.27. The van der Waals surface area contributed by atoms with Crippen molar-refractivity contribution in [3.8, 4) is 17.1 Å². The third-order valence-electron chi connectivity index (χ3n) is 4.33. The standard InChI is InChI=1S/C16H19N3O2S/c1-19(13-5-7-22-10-13)9-15-17-16(18-21-15)12-2-3-14-11(8-12)4-6-20-14/h2-3,8,13H,4-7,9-10H2,1H3/t13-/m0/s1. The van der Waals surface area contributed by atoms with Gasteiger partial charge in [-0.05, 0) is 43.0 Å². The normalized spacial score (nSPS) is 20.4. The Morgan fingerprint density at radius 3 is 3.23 bits per heavy atom. The molecule has 0 aliphatic carbocycles. The molecule has 1 fully saturated rings. The second-order valence-corrected chi connectivity index (χ2v) is 7.02. The summed E-state index contributed by atoms with van der Waals surface area (Å²) >= 11 is 2.01. The van der Waals surface area contributed by atoms with Gasteiger partial charge in [0.25, 0.3) is 0 Å². The summed E-state index contributed by atoms with van der Waals surface area (Å²) in [6.07, 6.45) is 2.20. The Hall–Kier alpha value is -1.53. The molecule has 0 amide bonds. The lowest BCUT2D eigenvalue weighted by Gasteiger charge is -2.21. The average molecular weight is 317 g/mol. The number of benzene rings is 1. The van der Waals surface area contributed by atoms with Crippen LogP contribution in [0, 0.1) is 0 Å². The summed E-state index contributed by atoms with van der Waals surface area (Å²) in [5.74, 6) is 4.78. The highest BCUT2D eigenvalue weighted by Gasteiger charge is 2.22. The van der Waals surface area contributed by atoms with Crippen LogP contribution >= 0.6 is 11.8 Å². The molecule has 1 aromatic heterocycles. The summed E-state index contributed by atoms with van der Waals surface area (Å²) in [5.41, 5.74) is 2.22. The Labute approximate surface area is 134 Å². The predicted octanol–water partition coefficient (Wildman–Crippen LogP) is 2.61. The molecule has 116 valence electrons. The SMILES string of the molecule is CN(Cc1nc(-c2ccc3c(c2)CCO3)no1)[C@H]1CCSC1. The zero-order chi connectivity index (χ0) is 14.9. The second-order valence-electron chi connectivity index (χ2n) is 5.87.